The highest BCUT2D eigenvalue weighted by Crippen LogP contribution is 2.20. The molecule has 0 bridgehead atoms. The summed E-state index contributed by atoms with van der Waals surface area (Å²) in [6.45, 7) is 5.95. The summed E-state index contributed by atoms with van der Waals surface area (Å²) in [4.78, 5) is 23.5. The van der Waals surface area contributed by atoms with Crippen LogP contribution in [0.1, 0.15) is 44.4 Å². The summed E-state index contributed by atoms with van der Waals surface area (Å²) in [5.41, 5.74) is 2.70. The van der Waals surface area contributed by atoms with Gasteiger partial charge in [0.2, 0.25) is 11.8 Å². The Labute approximate surface area is 154 Å². The van der Waals surface area contributed by atoms with E-state index in [-0.39, 0.29) is 17.9 Å². The van der Waals surface area contributed by atoms with E-state index >= 15 is 0 Å². The van der Waals surface area contributed by atoms with E-state index < -0.39 is 0 Å². The first-order valence-electron chi connectivity index (χ1n) is 8.87. The van der Waals surface area contributed by atoms with Crippen molar-refractivity contribution in [2.24, 2.45) is 0 Å². The van der Waals surface area contributed by atoms with Gasteiger partial charge in [-0.15, -0.1) is 0 Å². The number of amides is 2. The quantitative estimate of drug-likeness (QED) is 0.756. The molecule has 0 radical (unpaired) electrons. The largest absolute Gasteiger partial charge is 0.494 e. The van der Waals surface area contributed by atoms with Crippen LogP contribution in [-0.2, 0) is 16.0 Å². The van der Waals surface area contributed by atoms with E-state index in [4.69, 9.17) is 4.74 Å². The second-order valence-corrected chi connectivity index (χ2v) is 6.14. The Balaban J connectivity index is 1.92. The lowest BCUT2D eigenvalue weighted by Gasteiger charge is -2.16. The molecule has 26 heavy (non-hydrogen) atoms. The molecule has 2 aromatic rings. The number of hydrogen-bond acceptors (Lipinski definition) is 3. The van der Waals surface area contributed by atoms with Crippen molar-refractivity contribution >= 4 is 17.5 Å². The van der Waals surface area contributed by atoms with Crippen molar-refractivity contribution in [2.75, 3.05) is 11.9 Å². The lowest BCUT2D eigenvalue weighted by molar-refractivity contribution is -0.121. The van der Waals surface area contributed by atoms with Crippen LogP contribution in [0.2, 0.25) is 0 Å². The number of rotatable bonds is 8. The van der Waals surface area contributed by atoms with Crippen LogP contribution in [-0.4, -0.2) is 18.4 Å². The summed E-state index contributed by atoms with van der Waals surface area (Å²) in [6, 6.07) is 15.1. The molecule has 0 saturated heterocycles. The fourth-order valence-electron chi connectivity index (χ4n) is 2.74. The number of carbonyl (C=O) groups is 2. The molecule has 2 N–H and O–H groups in total. The minimum Gasteiger partial charge on any atom is -0.494 e. The Morgan fingerprint density at radius 1 is 1.12 bits per heavy atom. The van der Waals surface area contributed by atoms with Gasteiger partial charge in [-0.1, -0.05) is 30.3 Å². The maximum atomic E-state index is 12.3. The molecule has 0 heterocycles. The van der Waals surface area contributed by atoms with Crippen LogP contribution in [0.3, 0.4) is 0 Å². The lowest BCUT2D eigenvalue weighted by atomic mass is 10.1. The fourth-order valence-corrected chi connectivity index (χ4v) is 2.74. The molecule has 0 aliphatic rings. The Morgan fingerprint density at radius 2 is 1.88 bits per heavy atom. The molecule has 2 rings (SSSR count). The monoisotopic (exact) mass is 354 g/mol. The number of nitrogens with one attached hydrogen (secondary N) is 2. The Hall–Kier alpha value is -2.82. The zero-order valence-electron chi connectivity index (χ0n) is 15.5. The Morgan fingerprint density at radius 3 is 2.62 bits per heavy atom. The van der Waals surface area contributed by atoms with Crippen LogP contribution in [0.25, 0.3) is 0 Å². The average Bonchev–Trinajstić information content (AvgIpc) is 2.61. The molecule has 0 aliphatic heterocycles. The maximum Gasteiger partial charge on any atom is 0.221 e. The third-order valence-corrected chi connectivity index (χ3v) is 3.98. The molecule has 0 spiro atoms. The molecule has 0 aliphatic carbocycles. The molecular formula is C21H26N2O3. The van der Waals surface area contributed by atoms with Crippen LogP contribution in [0.4, 0.5) is 5.69 Å². The lowest BCUT2D eigenvalue weighted by Crippen LogP contribution is -2.27. The molecule has 1 unspecified atom stereocenters. The third kappa shape index (κ3) is 5.92. The molecule has 138 valence electrons. The average molecular weight is 354 g/mol. The van der Waals surface area contributed by atoms with Gasteiger partial charge >= 0.3 is 0 Å². The molecule has 0 aromatic heterocycles. The van der Waals surface area contributed by atoms with Crippen molar-refractivity contribution < 1.29 is 14.3 Å². The van der Waals surface area contributed by atoms with E-state index in [0.29, 0.717) is 19.4 Å². The van der Waals surface area contributed by atoms with Crippen molar-refractivity contribution in [3.8, 4) is 5.75 Å². The molecule has 2 aromatic carbocycles. The van der Waals surface area contributed by atoms with Gasteiger partial charge in [0, 0.05) is 19.0 Å². The third-order valence-electron chi connectivity index (χ3n) is 3.98. The van der Waals surface area contributed by atoms with Gasteiger partial charge in [-0.25, -0.2) is 0 Å². The predicted octanol–water partition coefficient (Wildman–Crippen LogP) is 3.85. The summed E-state index contributed by atoms with van der Waals surface area (Å²) in [7, 11) is 0. The van der Waals surface area contributed by atoms with Crippen LogP contribution in [0.5, 0.6) is 5.75 Å². The number of para-hydroxylation sites is 1. The molecular weight excluding hydrogens is 328 g/mol. The predicted molar refractivity (Wildman–Crippen MR) is 103 cm³/mol. The topological polar surface area (TPSA) is 67.4 Å². The highest BCUT2D eigenvalue weighted by Gasteiger charge is 2.12. The number of anilines is 1. The number of ether oxygens (including phenoxy) is 1. The maximum absolute atomic E-state index is 12.3. The van der Waals surface area contributed by atoms with Gasteiger partial charge in [0.05, 0.1) is 12.6 Å². The SMILES string of the molecule is CCOc1ccccc1CCC(=O)NC(C)c1cccc(NC(C)=O)c1. The standard InChI is InChI=1S/C21H26N2O3/c1-4-26-20-11-6-5-8-17(20)12-13-21(25)22-15(2)18-9-7-10-19(14-18)23-16(3)24/h5-11,14-15H,4,12-13H2,1-3H3,(H,22,25)(H,23,24). The molecule has 5 heteroatoms. The minimum atomic E-state index is -0.140. The van der Waals surface area contributed by atoms with Crippen LogP contribution in [0.15, 0.2) is 48.5 Å². The van der Waals surface area contributed by atoms with Gasteiger partial charge in [-0.2, -0.15) is 0 Å². The van der Waals surface area contributed by atoms with Gasteiger partial charge in [-0.05, 0) is 49.6 Å². The zero-order chi connectivity index (χ0) is 18.9. The van der Waals surface area contributed by atoms with Crippen molar-refractivity contribution in [2.45, 2.75) is 39.7 Å². The van der Waals surface area contributed by atoms with Crippen LogP contribution >= 0.6 is 0 Å². The van der Waals surface area contributed by atoms with E-state index in [2.05, 4.69) is 10.6 Å². The van der Waals surface area contributed by atoms with Crippen molar-refractivity contribution in [1.29, 1.82) is 0 Å². The highest BCUT2D eigenvalue weighted by molar-refractivity contribution is 5.88. The number of benzene rings is 2. The summed E-state index contributed by atoms with van der Waals surface area (Å²) in [6.07, 6.45) is 1.01. The number of aryl methyl sites for hydroxylation is 1. The fraction of sp³-hybridized carbons (Fsp3) is 0.333. The first kappa shape index (κ1) is 19.5. The van der Waals surface area contributed by atoms with Gasteiger partial charge in [0.1, 0.15) is 5.75 Å². The van der Waals surface area contributed by atoms with E-state index in [9.17, 15) is 9.59 Å². The molecule has 0 fully saturated rings. The molecule has 2 amide bonds. The van der Waals surface area contributed by atoms with Crippen molar-refractivity contribution in [1.82, 2.24) is 5.32 Å². The van der Waals surface area contributed by atoms with Crippen LogP contribution < -0.4 is 15.4 Å². The van der Waals surface area contributed by atoms with E-state index in [1.54, 1.807) is 0 Å². The minimum absolute atomic E-state index is 0.0197. The van der Waals surface area contributed by atoms with E-state index in [1.807, 2.05) is 62.4 Å². The zero-order valence-corrected chi connectivity index (χ0v) is 15.5. The Kier molecular flexibility index (Phi) is 7.21. The molecule has 5 nitrogen and oxygen atoms in total. The summed E-state index contributed by atoms with van der Waals surface area (Å²) >= 11 is 0. The number of carbonyl (C=O) groups excluding carboxylic acids is 2. The first-order chi connectivity index (χ1) is 12.5. The Bertz CT molecular complexity index is 758. The van der Waals surface area contributed by atoms with Crippen molar-refractivity contribution in [3.05, 3.63) is 59.7 Å². The molecule has 1 atom stereocenters. The van der Waals surface area contributed by atoms with E-state index in [1.165, 1.54) is 6.92 Å². The summed E-state index contributed by atoms with van der Waals surface area (Å²) in [5.74, 6) is 0.694. The van der Waals surface area contributed by atoms with E-state index in [0.717, 1.165) is 22.6 Å². The van der Waals surface area contributed by atoms with Gasteiger partial charge in [-0.3, -0.25) is 9.59 Å². The summed E-state index contributed by atoms with van der Waals surface area (Å²) in [5, 5.41) is 5.76. The van der Waals surface area contributed by atoms with Crippen LogP contribution in [0, 0.1) is 0 Å². The normalized spacial score (nSPS) is 11.5. The summed E-state index contributed by atoms with van der Waals surface area (Å²) < 4.78 is 5.60. The van der Waals surface area contributed by atoms with Gasteiger partial charge < -0.3 is 15.4 Å². The second kappa shape index (κ2) is 9.61. The van der Waals surface area contributed by atoms with Gasteiger partial charge in [0.25, 0.3) is 0 Å². The first-order valence-corrected chi connectivity index (χ1v) is 8.87. The van der Waals surface area contributed by atoms with Crippen molar-refractivity contribution in [3.63, 3.8) is 0 Å². The number of hydrogen-bond donors (Lipinski definition) is 2. The molecule has 0 saturated carbocycles. The smallest absolute Gasteiger partial charge is 0.221 e. The second-order valence-electron chi connectivity index (χ2n) is 6.14. The highest BCUT2D eigenvalue weighted by atomic mass is 16.5. The van der Waals surface area contributed by atoms with Gasteiger partial charge in [0.15, 0.2) is 0 Å².